The lowest BCUT2D eigenvalue weighted by Crippen LogP contribution is -2.43. The fourth-order valence-electron chi connectivity index (χ4n) is 2.71. The number of imide groups is 1. The molecule has 1 aliphatic heterocycles. The molecule has 0 saturated heterocycles. The number of benzene rings is 2. The molecular formula is C22H21FN4O3S. The molecule has 0 radical (unpaired) electrons. The molecule has 0 atom stereocenters. The van der Waals surface area contributed by atoms with Crippen LogP contribution in [-0.2, 0) is 9.59 Å². The van der Waals surface area contributed by atoms with Gasteiger partial charge in [0.25, 0.3) is 5.91 Å². The molecule has 0 aliphatic carbocycles. The van der Waals surface area contributed by atoms with E-state index in [2.05, 4.69) is 15.6 Å². The number of carbonyl (C=O) groups excluding carboxylic acids is 3. The highest BCUT2D eigenvalue weighted by atomic mass is 32.2. The van der Waals surface area contributed by atoms with E-state index in [0.717, 1.165) is 17.3 Å². The molecule has 0 saturated carbocycles. The number of rotatable bonds is 5. The van der Waals surface area contributed by atoms with Gasteiger partial charge in [-0.15, -0.1) is 0 Å². The minimum Gasteiger partial charge on any atom is -0.336 e. The highest BCUT2D eigenvalue weighted by Gasteiger charge is 2.32. The van der Waals surface area contributed by atoms with Crippen molar-refractivity contribution in [3.63, 3.8) is 0 Å². The molecule has 4 amide bonds. The first-order valence-corrected chi connectivity index (χ1v) is 10.5. The number of amides is 4. The first-order chi connectivity index (χ1) is 14.8. The number of hydrogen-bond donors (Lipinski definition) is 2. The van der Waals surface area contributed by atoms with E-state index in [1.807, 2.05) is 30.3 Å². The van der Waals surface area contributed by atoms with Crippen molar-refractivity contribution in [2.45, 2.75) is 19.9 Å². The summed E-state index contributed by atoms with van der Waals surface area (Å²) in [7, 11) is 0. The van der Waals surface area contributed by atoms with E-state index in [1.165, 1.54) is 29.2 Å². The highest BCUT2D eigenvalue weighted by Crippen LogP contribution is 2.29. The van der Waals surface area contributed by atoms with Crippen LogP contribution in [0.1, 0.15) is 19.4 Å². The van der Waals surface area contributed by atoms with Crippen molar-refractivity contribution in [1.82, 2.24) is 10.6 Å². The van der Waals surface area contributed by atoms with Crippen LogP contribution in [0.25, 0.3) is 6.08 Å². The van der Waals surface area contributed by atoms with Crippen LogP contribution in [-0.4, -0.2) is 34.8 Å². The number of nitrogens with zero attached hydrogens (tertiary/aromatic N) is 2. The summed E-state index contributed by atoms with van der Waals surface area (Å²) in [5.74, 6) is -1.49. The van der Waals surface area contributed by atoms with Crippen molar-refractivity contribution in [2.24, 2.45) is 4.99 Å². The van der Waals surface area contributed by atoms with Crippen molar-refractivity contribution >= 4 is 46.5 Å². The molecule has 0 fully saturated rings. The minimum absolute atomic E-state index is 0.114. The molecule has 3 rings (SSSR count). The van der Waals surface area contributed by atoms with Crippen LogP contribution in [0.2, 0.25) is 0 Å². The third-order valence-corrected chi connectivity index (χ3v) is 4.96. The van der Waals surface area contributed by atoms with Crippen molar-refractivity contribution in [3.05, 3.63) is 71.7 Å². The Bertz CT molecular complexity index is 1040. The molecule has 2 aromatic carbocycles. The van der Waals surface area contributed by atoms with Gasteiger partial charge in [0.05, 0.1) is 11.4 Å². The maximum atomic E-state index is 13.4. The second kappa shape index (κ2) is 10.0. The molecular weight excluding hydrogens is 419 g/mol. The topological polar surface area (TPSA) is 90.9 Å². The third-order valence-electron chi connectivity index (χ3n) is 4.02. The fraction of sp³-hybridized carbons (Fsp3) is 0.182. The van der Waals surface area contributed by atoms with Crippen molar-refractivity contribution in [1.29, 1.82) is 0 Å². The second-order valence-electron chi connectivity index (χ2n) is 6.92. The van der Waals surface area contributed by atoms with Gasteiger partial charge in [0.1, 0.15) is 11.5 Å². The molecule has 2 aromatic rings. The van der Waals surface area contributed by atoms with Gasteiger partial charge in [0.2, 0.25) is 5.91 Å². The van der Waals surface area contributed by atoms with Gasteiger partial charge >= 0.3 is 6.03 Å². The lowest BCUT2D eigenvalue weighted by atomic mass is 10.2. The number of hydrogen-bond acceptors (Lipinski definition) is 5. The molecule has 0 spiro atoms. The smallest absolute Gasteiger partial charge is 0.321 e. The summed E-state index contributed by atoms with van der Waals surface area (Å²) in [6.45, 7) is 3.55. The van der Waals surface area contributed by atoms with E-state index in [9.17, 15) is 18.8 Å². The Balaban J connectivity index is 1.80. The number of amidine groups is 1. The quantitative estimate of drug-likeness (QED) is 0.696. The maximum Gasteiger partial charge on any atom is 0.321 e. The van der Waals surface area contributed by atoms with Crippen molar-refractivity contribution < 1.29 is 18.8 Å². The van der Waals surface area contributed by atoms with Crippen LogP contribution in [0.15, 0.2) is 65.3 Å². The van der Waals surface area contributed by atoms with Gasteiger partial charge in [-0.05, 0) is 49.8 Å². The lowest BCUT2D eigenvalue weighted by molar-refractivity contribution is -0.117. The minimum atomic E-state index is -0.593. The van der Waals surface area contributed by atoms with Crippen LogP contribution in [0.4, 0.5) is 14.9 Å². The Hall–Kier alpha value is -3.46. The number of carbonyl (C=O) groups is 3. The molecule has 160 valence electrons. The molecule has 0 aromatic heterocycles. The number of halogens is 1. The molecule has 0 bridgehead atoms. The van der Waals surface area contributed by atoms with E-state index in [0.29, 0.717) is 5.69 Å². The predicted octanol–water partition coefficient (Wildman–Crippen LogP) is 3.54. The van der Waals surface area contributed by atoms with Crippen LogP contribution < -0.4 is 15.5 Å². The standard InChI is InChI=1S/C22H21FN4O3S/c1-14(2)24-21(30)26-19(28)13-31-22-25-18(12-15-6-4-3-5-7-15)20(29)27(22)17-10-8-16(23)9-11-17/h3-12,14H,13H2,1-2H3,(H2,24,26,28,30). The lowest BCUT2D eigenvalue weighted by Gasteiger charge is -2.17. The summed E-state index contributed by atoms with van der Waals surface area (Å²) in [5, 5.41) is 5.05. The van der Waals surface area contributed by atoms with Gasteiger partial charge in [0, 0.05) is 6.04 Å². The summed E-state index contributed by atoms with van der Waals surface area (Å²) < 4.78 is 13.4. The zero-order valence-corrected chi connectivity index (χ0v) is 17.8. The van der Waals surface area contributed by atoms with Crippen LogP contribution >= 0.6 is 11.8 Å². The summed E-state index contributed by atoms with van der Waals surface area (Å²) in [6, 6.07) is 13.9. The molecule has 1 aliphatic rings. The van der Waals surface area contributed by atoms with Gasteiger partial charge in [-0.3, -0.25) is 19.8 Å². The first kappa shape index (κ1) is 22.2. The largest absolute Gasteiger partial charge is 0.336 e. The van der Waals surface area contributed by atoms with Crippen LogP contribution in [0, 0.1) is 5.82 Å². The number of aliphatic imine (C=N–C) groups is 1. The summed E-state index contributed by atoms with van der Waals surface area (Å²) in [5.41, 5.74) is 1.41. The molecule has 1 heterocycles. The predicted molar refractivity (Wildman–Crippen MR) is 120 cm³/mol. The van der Waals surface area contributed by atoms with Crippen molar-refractivity contribution in [3.8, 4) is 0 Å². The number of thioether (sulfide) groups is 1. The average molecular weight is 441 g/mol. The molecule has 31 heavy (non-hydrogen) atoms. The maximum absolute atomic E-state index is 13.4. The Kier molecular flexibility index (Phi) is 7.19. The summed E-state index contributed by atoms with van der Waals surface area (Å²) >= 11 is 1.01. The third kappa shape index (κ3) is 6.02. The highest BCUT2D eigenvalue weighted by molar-refractivity contribution is 8.14. The Labute approximate surface area is 183 Å². The SMILES string of the molecule is CC(C)NC(=O)NC(=O)CSC1=NC(=Cc2ccccc2)C(=O)N1c1ccc(F)cc1. The molecule has 2 N–H and O–H groups in total. The van der Waals surface area contributed by atoms with E-state index in [1.54, 1.807) is 19.9 Å². The van der Waals surface area contributed by atoms with Gasteiger partial charge in [-0.2, -0.15) is 0 Å². The molecule has 0 unspecified atom stereocenters. The van der Waals surface area contributed by atoms with Gasteiger partial charge < -0.3 is 5.32 Å². The average Bonchev–Trinajstić information content (AvgIpc) is 3.02. The Morgan fingerprint density at radius 2 is 1.81 bits per heavy atom. The number of nitrogens with one attached hydrogen (secondary N) is 2. The van der Waals surface area contributed by atoms with Crippen molar-refractivity contribution in [2.75, 3.05) is 10.7 Å². The van der Waals surface area contributed by atoms with Crippen LogP contribution in [0.5, 0.6) is 0 Å². The first-order valence-electron chi connectivity index (χ1n) is 9.52. The van der Waals surface area contributed by atoms with Gasteiger partial charge in [0.15, 0.2) is 5.17 Å². The van der Waals surface area contributed by atoms with Gasteiger partial charge in [-0.25, -0.2) is 14.2 Å². The van der Waals surface area contributed by atoms with Gasteiger partial charge in [-0.1, -0.05) is 42.1 Å². The zero-order valence-electron chi connectivity index (χ0n) is 17.0. The fourth-order valence-corrected chi connectivity index (χ4v) is 3.52. The van der Waals surface area contributed by atoms with E-state index >= 15 is 0 Å². The normalized spacial score (nSPS) is 14.7. The second-order valence-corrected chi connectivity index (χ2v) is 7.86. The number of anilines is 1. The summed E-state index contributed by atoms with van der Waals surface area (Å²) in [6.07, 6.45) is 1.64. The van der Waals surface area contributed by atoms with Crippen LogP contribution in [0.3, 0.4) is 0 Å². The monoisotopic (exact) mass is 440 g/mol. The van der Waals surface area contributed by atoms with E-state index in [-0.39, 0.29) is 22.7 Å². The zero-order chi connectivity index (χ0) is 22.4. The van der Waals surface area contributed by atoms with E-state index in [4.69, 9.17) is 0 Å². The Morgan fingerprint density at radius 1 is 1.13 bits per heavy atom. The number of urea groups is 1. The summed E-state index contributed by atoms with van der Waals surface area (Å²) in [4.78, 5) is 42.5. The Morgan fingerprint density at radius 3 is 2.45 bits per heavy atom. The molecule has 7 nitrogen and oxygen atoms in total. The van der Waals surface area contributed by atoms with E-state index < -0.39 is 23.7 Å². The molecule has 9 heteroatoms.